The second-order valence-corrected chi connectivity index (χ2v) is 8.72. The average molecular weight is 519 g/mol. The van der Waals surface area contributed by atoms with Crippen molar-refractivity contribution in [3.05, 3.63) is 39.4 Å². The molecule has 2 aromatic heterocycles. The highest BCUT2D eigenvalue weighted by molar-refractivity contribution is 5.76. The van der Waals surface area contributed by atoms with E-state index in [1.807, 2.05) is 5.10 Å². The molecular formula is C21H23F6N7O2. The molecule has 36 heavy (non-hydrogen) atoms. The quantitative estimate of drug-likeness (QED) is 0.607. The molecule has 0 aliphatic carbocycles. The van der Waals surface area contributed by atoms with E-state index in [2.05, 4.69) is 15.1 Å². The van der Waals surface area contributed by atoms with Gasteiger partial charge in [0.2, 0.25) is 11.9 Å². The van der Waals surface area contributed by atoms with Crippen LogP contribution in [0.25, 0.3) is 0 Å². The second kappa shape index (κ2) is 9.58. The van der Waals surface area contributed by atoms with E-state index in [4.69, 9.17) is 0 Å². The van der Waals surface area contributed by atoms with Crippen LogP contribution in [0.3, 0.4) is 0 Å². The molecule has 9 nitrogen and oxygen atoms in total. The van der Waals surface area contributed by atoms with E-state index in [9.17, 15) is 35.9 Å². The van der Waals surface area contributed by atoms with Crippen LogP contribution in [0.1, 0.15) is 36.5 Å². The lowest BCUT2D eigenvalue weighted by atomic mass is 10.1. The van der Waals surface area contributed by atoms with Crippen molar-refractivity contribution in [3.8, 4) is 0 Å². The van der Waals surface area contributed by atoms with Gasteiger partial charge in [-0.15, -0.1) is 0 Å². The third kappa shape index (κ3) is 5.23. The third-order valence-corrected chi connectivity index (χ3v) is 6.32. The van der Waals surface area contributed by atoms with Crippen LogP contribution in [-0.2, 0) is 23.6 Å². The number of aromatic amines is 1. The van der Waals surface area contributed by atoms with Gasteiger partial charge in [-0.1, -0.05) is 0 Å². The van der Waals surface area contributed by atoms with Crippen LogP contribution in [0, 0.1) is 0 Å². The molecule has 0 bridgehead atoms. The molecular weight excluding hydrogens is 496 g/mol. The lowest BCUT2D eigenvalue weighted by Crippen LogP contribution is -2.49. The molecule has 0 radical (unpaired) electrons. The number of alkyl halides is 6. The maximum absolute atomic E-state index is 13.3. The maximum Gasteiger partial charge on any atom is 0.422 e. The third-order valence-electron chi connectivity index (χ3n) is 6.32. The minimum atomic E-state index is -4.79. The van der Waals surface area contributed by atoms with Crippen molar-refractivity contribution in [2.45, 2.75) is 44.6 Å². The first kappa shape index (κ1) is 25.7. The first-order valence-corrected chi connectivity index (χ1v) is 11.2. The summed E-state index contributed by atoms with van der Waals surface area (Å²) in [6.45, 7) is 3.40. The van der Waals surface area contributed by atoms with E-state index in [0.717, 1.165) is 12.4 Å². The number of carbonyl (C=O) groups is 1. The lowest BCUT2D eigenvalue weighted by Gasteiger charge is -2.35. The number of anilines is 2. The number of H-pyrrole nitrogens is 1. The SMILES string of the molecule is CC1Cc2c(n[nH]c(=O)c2C(F)(F)F)N1CCCC(=O)N1CCN(c2ncc(C(F)(F)F)cn2)CC1. The van der Waals surface area contributed by atoms with Crippen molar-refractivity contribution < 1.29 is 31.1 Å². The Kier molecular flexibility index (Phi) is 6.84. The predicted octanol–water partition coefficient (Wildman–Crippen LogP) is 2.48. The molecule has 4 rings (SSSR count). The van der Waals surface area contributed by atoms with E-state index in [1.165, 1.54) is 0 Å². The highest BCUT2D eigenvalue weighted by Crippen LogP contribution is 2.38. The van der Waals surface area contributed by atoms with Gasteiger partial charge in [0.05, 0.1) is 5.56 Å². The van der Waals surface area contributed by atoms with Crippen molar-refractivity contribution >= 4 is 17.7 Å². The largest absolute Gasteiger partial charge is 0.422 e. The van der Waals surface area contributed by atoms with Crippen molar-refractivity contribution in [3.63, 3.8) is 0 Å². The molecule has 1 N–H and O–H groups in total. The van der Waals surface area contributed by atoms with Gasteiger partial charge in [0.25, 0.3) is 5.56 Å². The summed E-state index contributed by atoms with van der Waals surface area (Å²) in [6.07, 6.45) is -7.31. The Morgan fingerprint density at radius 1 is 1.06 bits per heavy atom. The molecule has 196 valence electrons. The van der Waals surface area contributed by atoms with Crippen LogP contribution >= 0.6 is 0 Å². The highest BCUT2D eigenvalue weighted by atomic mass is 19.4. The number of rotatable bonds is 5. The topological polar surface area (TPSA) is 98.3 Å². The Labute approximate surface area is 201 Å². The van der Waals surface area contributed by atoms with Gasteiger partial charge in [-0.25, -0.2) is 15.1 Å². The average Bonchev–Trinajstić information content (AvgIpc) is 3.12. The van der Waals surface area contributed by atoms with Crippen LogP contribution in [0.5, 0.6) is 0 Å². The molecule has 0 aromatic carbocycles. The number of halogens is 6. The number of piperazine rings is 1. The number of nitrogens with zero attached hydrogens (tertiary/aromatic N) is 6. The number of aromatic nitrogens is 4. The molecule has 2 aliphatic heterocycles. The molecule has 4 heterocycles. The lowest BCUT2D eigenvalue weighted by molar-refractivity contribution is -0.139. The zero-order chi connectivity index (χ0) is 26.3. The Morgan fingerprint density at radius 3 is 2.28 bits per heavy atom. The summed E-state index contributed by atoms with van der Waals surface area (Å²) in [7, 11) is 0. The second-order valence-electron chi connectivity index (χ2n) is 8.72. The maximum atomic E-state index is 13.3. The number of amides is 1. The van der Waals surface area contributed by atoms with E-state index in [0.29, 0.717) is 32.6 Å². The van der Waals surface area contributed by atoms with E-state index in [1.54, 1.807) is 21.6 Å². The fourth-order valence-electron chi connectivity index (χ4n) is 4.49. The predicted molar refractivity (Wildman–Crippen MR) is 115 cm³/mol. The molecule has 0 spiro atoms. The molecule has 1 atom stereocenters. The first-order valence-electron chi connectivity index (χ1n) is 11.2. The van der Waals surface area contributed by atoms with Crippen molar-refractivity contribution in [2.75, 3.05) is 42.5 Å². The van der Waals surface area contributed by atoms with Crippen molar-refractivity contribution in [2.24, 2.45) is 0 Å². The number of fused-ring (bicyclic) bond motifs is 1. The van der Waals surface area contributed by atoms with Crippen LogP contribution in [0.4, 0.5) is 38.1 Å². The smallest absolute Gasteiger partial charge is 0.352 e. The van der Waals surface area contributed by atoms with Gasteiger partial charge in [0.15, 0.2) is 5.82 Å². The zero-order valence-corrected chi connectivity index (χ0v) is 19.2. The standard InChI is InChI=1S/C21H23F6N7O2/c1-12-9-14-16(21(25,26)27)18(36)31-30-17(14)34(12)4-2-3-15(35)32-5-7-33(8-6-32)19-28-10-13(11-29-19)20(22,23)24/h10-12H,2-9H2,1H3,(H,31,36). The molecule has 2 aliphatic rings. The summed E-state index contributed by atoms with van der Waals surface area (Å²) in [6, 6.07) is -0.314. The number of hydrogen-bond donors (Lipinski definition) is 1. The van der Waals surface area contributed by atoms with Gasteiger partial charge < -0.3 is 14.7 Å². The molecule has 0 saturated carbocycles. The molecule has 15 heteroatoms. The van der Waals surface area contributed by atoms with Gasteiger partial charge in [0.1, 0.15) is 5.56 Å². The van der Waals surface area contributed by atoms with Gasteiger partial charge in [-0.05, 0) is 19.8 Å². The Bertz CT molecular complexity index is 1160. The fraction of sp³-hybridized carbons (Fsp3) is 0.571. The molecule has 2 aromatic rings. The molecule has 1 amide bonds. The summed E-state index contributed by atoms with van der Waals surface area (Å²) in [5, 5.41) is 5.74. The molecule has 1 fully saturated rings. The van der Waals surface area contributed by atoms with Gasteiger partial charge in [0, 0.05) is 63.1 Å². The van der Waals surface area contributed by atoms with Crippen LogP contribution < -0.4 is 15.4 Å². The van der Waals surface area contributed by atoms with Crippen molar-refractivity contribution in [1.82, 2.24) is 25.1 Å². The summed E-state index contributed by atoms with van der Waals surface area (Å²) >= 11 is 0. The van der Waals surface area contributed by atoms with Gasteiger partial charge >= 0.3 is 12.4 Å². The molecule has 1 saturated heterocycles. The van der Waals surface area contributed by atoms with E-state index >= 15 is 0 Å². The van der Waals surface area contributed by atoms with Crippen LogP contribution in [0.2, 0.25) is 0 Å². The number of nitrogens with one attached hydrogen (secondary N) is 1. The Morgan fingerprint density at radius 2 is 1.69 bits per heavy atom. The fourth-order valence-corrected chi connectivity index (χ4v) is 4.49. The summed E-state index contributed by atoms with van der Waals surface area (Å²) < 4.78 is 78.1. The summed E-state index contributed by atoms with van der Waals surface area (Å²) in [4.78, 5) is 36.9. The Hall–Kier alpha value is -3.39. The summed E-state index contributed by atoms with van der Waals surface area (Å²) in [5.41, 5.74) is -3.57. The van der Waals surface area contributed by atoms with E-state index < -0.39 is 29.0 Å². The molecule has 1 unspecified atom stereocenters. The van der Waals surface area contributed by atoms with Crippen molar-refractivity contribution in [1.29, 1.82) is 0 Å². The normalized spacial score (nSPS) is 18.5. The highest BCUT2D eigenvalue weighted by Gasteiger charge is 2.42. The minimum absolute atomic E-state index is 0.0308. The van der Waals surface area contributed by atoms with Gasteiger partial charge in [-0.2, -0.15) is 31.4 Å². The first-order chi connectivity index (χ1) is 16.9. The monoisotopic (exact) mass is 519 g/mol. The van der Waals surface area contributed by atoms with Crippen LogP contribution in [-0.4, -0.2) is 69.7 Å². The zero-order valence-electron chi connectivity index (χ0n) is 19.2. The van der Waals surface area contributed by atoms with E-state index in [-0.39, 0.29) is 48.7 Å². The van der Waals surface area contributed by atoms with Crippen LogP contribution in [0.15, 0.2) is 17.2 Å². The summed E-state index contributed by atoms with van der Waals surface area (Å²) in [5.74, 6) is 0.0908. The Balaban J connectivity index is 1.29. The number of carbonyl (C=O) groups excluding carboxylic acids is 1. The number of hydrogen-bond acceptors (Lipinski definition) is 7. The minimum Gasteiger partial charge on any atom is -0.352 e. The van der Waals surface area contributed by atoms with Gasteiger partial charge in [-0.3, -0.25) is 9.59 Å².